The van der Waals surface area contributed by atoms with Gasteiger partial charge in [0.05, 0.1) is 5.69 Å². The van der Waals surface area contributed by atoms with Crippen molar-refractivity contribution >= 4 is 11.7 Å². The summed E-state index contributed by atoms with van der Waals surface area (Å²) < 4.78 is 0. The van der Waals surface area contributed by atoms with Crippen LogP contribution in [-0.2, 0) is 0 Å². The van der Waals surface area contributed by atoms with Gasteiger partial charge in [-0.25, -0.2) is 9.97 Å². The molecular formula is C12H12N4O. The van der Waals surface area contributed by atoms with Gasteiger partial charge in [-0.1, -0.05) is 30.3 Å². The van der Waals surface area contributed by atoms with Gasteiger partial charge >= 0.3 is 0 Å². The SMILES string of the molecule is Cc1nc(-c2ccccc2)nc(N)c1C(N)=O. The summed E-state index contributed by atoms with van der Waals surface area (Å²) in [5.74, 6) is -0.00550. The predicted molar refractivity (Wildman–Crippen MR) is 65.1 cm³/mol. The molecule has 0 aliphatic heterocycles. The first-order valence-corrected chi connectivity index (χ1v) is 5.09. The molecule has 0 aliphatic rings. The van der Waals surface area contributed by atoms with Crippen LogP contribution in [-0.4, -0.2) is 15.9 Å². The van der Waals surface area contributed by atoms with Crippen LogP contribution in [0.5, 0.6) is 0 Å². The van der Waals surface area contributed by atoms with E-state index in [1.54, 1.807) is 6.92 Å². The van der Waals surface area contributed by atoms with E-state index in [9.17, 15) is 4.79 Å². The van der Waals surface area contributed by atoms with Crippen molar-refractivity contribution in [3.8, 4) is 11.4 Å². The van der Waals surface area contributed by atoms with Crippen LogP contribution in [0.1, 0.15) is 16.1 Å². The highest BCUT2D eigenvalue weighted by atomic mass is 16.1. The highest BCUT2D eigenvalue weighted by molar-refractivity contribution is 5.98. The van der Waals surface area contributed by atoms with Crippen molar-refractivity contribution in [1.82, 2.24) is 9.97 Å². The topological polar surface area (TPSA) is 94.9 Å². The summed E-state index contributed by atoms with van der Waals surface area (Å²) in [5, 5.41) is 0. The quantitative estimate of drug-likeness (QED) is 0.805. The Morgan fingerprint density at radius 2 is 1.82 bits per heavy atom. The molecule has 0 saturated heterocycles. The van der Waals surface area contributed by atoms with Gasteiger partial charge in [0, 0.05) is 5.56 Å². The van der Waals surface area contributed by atoms with E-state index in [1.807, 2.05) is 30.3 Å². The van der Waals surface area contributed by atoms with Crippen LogP contribution in [0.3, 0.4) is 0 Å². The van der Waals surface area contributed by atoms with E-state index < -0.39 is 5.91 Å². The van der Waals surface area contributed by atoms with Crippen molar-refractivity contribution in [3.05, 3.63) is 41.6 Å². The third-order valence-electron chi connectivity index (χ3n) is 2.40. The maximum Gasteiger partial charge on any atom is 0.254 e. The number of aromatic nitrogens is 2. The lowest BCUT2D eigenvalue weighted by molar-refractivity contribution is 0.1000. The summed E-state index contributed by atoms with van der Waals surface area (Å²) in [4.78, 5) is 19.5. The zero-order valence-corrected chi connectivity index (χ0v) is 9.34. The molecule has 5 heteroatoms. The van der Waals surface area contributed by atoms with Crippen molar-refractivity contribution < 1.29 is 4.79 Å². The van der Waals surface area contributed by atoms with Gasteiger partial charge in [0.25, 0.3) is 5.91 Å². The number of rotatable bonds is 2. The van der Waals surface area contributed by atoms with Crippen LogP contribution in [0, 0.1) is 6.92 Å². The van der Waals surface area contributed by atoms with E-state index in [4.69, 9.17) is 11.5 Å². The maximum atomic E-state index is 11.2. The zero-order valence-electron chi connectivity index (χ0n) is 9.34. The number of carbonyl (C=O) groups excluding carboxylic acids is 1. The minimum atomic E-state index is -0.611. The van der Waals surface area contributed by atoms with Gasteiger partial charge in [0.15, 0.2) is 5.82 Å². The number of nitrogen functional groups attached to an aromatic ring is 1. The predicted octanol–water partition coefficient (Wildman–Crippen LogP) is 1.13. The molecule has 4 N–H and O–H groups in total. The molecule has 2 aromatic rings. The second-order valence-electron chi connectivity index (χ2n) is 3.62. The van der Waals surface area contributed by atoms with Crippen molar-refractivity contribution in [2.75, 3.05) is 5.73 Å². The van der Waals surface area contributed by atoms with Crippen molar-refractivity contribution in [3.63, 3.8) is 0 Å². The van der Waals surface area contributed by atoms with Crippen LogP contribution in [0.4, 0.5) is 5.82 Å². The molecule has 5 nitrogen and oxygen atoms in total. The number of hydrogen-bond acceptors (Lipinski definition) is 4. The standard InChI is InChI=1S/C12H12N4O/c1-7-9(11(14)17)10(13)16-12(15-7)8-5-3-2-4-6-8/h2-6H,1H3,(H2,14,17)(H2,13,15,16). The van der Waals surface area contributed by atoms with Gasteiger partial charge in [-0.05, 0) is 6.92 Å². The fourth-order valence-electron chi connectivity index (χ4n) is 1.62. The molecule has 0 bridgehead atoms. The molecule has 0 atom stereocenters. The number of nitrogens with two attached hydrogens (primary N) is 2. The average Bonchev–Trinajstić information content (AvgIpc) is 2.28. The number of carbonyl (C=O) groups is 1. The molecular weight excluding hydrogens is 216 g/mol. The first-order valence-electron chi connectivity index (χ1n) is 5.09. The van der Waals surface area contributed by atoms with E-state index in [0.29, 0.717) is 11.5 Å². The number of amides is 1. The van der Waals surface area contributed by atoms with Gasteiger partial charge < -0.3 is 11.5 Å². The normalized spacial score (nSPS) is 10.2. The van der Waals surface area contributed by atoms with Gasteiger partial charge in [0.1, 0.15) is 11.4 Å². The first-order chi connectivity index (χ1) is 8.09. The van der Waals surface area contributed by atoms with E-state index >= 15 is 0 Å². The van der Waals surface area contributed by atoms with E-state index in [2.05, 4.69) is 9.97 Å². The lowest BCUT2D eigenvalue weighted by atomic mass is 10.1. The first kappa shape index (κ1) is 11.1. The lowest BCUT2D eigenvalue weighted by Gasteiger charge is -2.07. The Morgan fingerprint density at radius 1 is 1.18 bits per heavy atom. The Morgan fingerprint density at radius 3 is 2.35 bits per heavy atom. The summed E-state index contributed by atoms with van der Waals surface area (Å²) in [6.07, 6.45) is 0. The van der Waals surface area contributed by atoms with Gasteiger partial charge in [-0.2, -0.15) is 0 Å². The molecule has 86 valence electrons. The third-order valence-corrected chi connectivity index (χ3v) is 2.40. The molecule has 0 saturated carbocycles. The summed E-state index contributed by atoms with van der Waals surface area (Å²) in [6.45, 7) is 1.69. The minimum absolute atomic E-state index is 0.115. The van der Waals surface area contributed by atoms with Crippen LogP contribution in [0.25, 0.3) is 11.4 Å². The number of anilines is 1. The van der Waals surface area contributed by atoms with E-state index in [1.165, 1.54) is 0 Å². The molecule has 0 spiro atoms. The van der Waals surface area contributed by atoms with Crippen molar-refractivity contribution in [2.45, 2.75) is 6.92 Å². The van der Waals surface area contributed by atoms with E-state index in [-0.39, 0.29) is 11.4 Å². The molecule has 1 amide bonds. The van der Waals surface area contributed by atoms with Crippen LogP contribution < -0.4 is 11.5 Å². The number of benzene rings is 1. The van der Waals surface area contributed by atoms with Crippen LogP contribution in [0.15, 0.2) is 30.3 Å². The van der Waals surface area contributed by atoms with Gasteiger partial charge in [-0.15, -0.1) is 0 Å². The molecule has 0 unspecified atom stereocenters. The molecule has 0 aliphatic carbocycles. The Hall–Kier alpha value is -2.43. The Bertz CT molecular complexity index is 543. The fraction of sp³-hybridized carbons (Fsp3) is 0.0833. The lowest BCUT2D eigenvalue weighted by Crippen LogP contribution is -2.17. The average molecular weight is 228 g/mol. The second-order valence-corrected chi connectivity index (χ2v) is 3.62. The summed E-state index contributed by atoms with van der Waals surface area (Å²) >= 11 is 0. The largest absolute Gasteiger partial charge is 0.383 e. The number of nitrogens with zero attached hydrogens (tertiary/aromatic N) is 2. The molecule has 17 heavy (non-hydrogen) atoms. The molecule has 2 rings (SSSR count). The van der Waals surface area contributed by atoms with E-state index in [0.717, 1.165) is 5.56 Å². The molecule has 1 aromatic heterocycles. The highest BCUT2D eigenvalue weighted by Gasteiger charge is 2.14. The number of hydrogen-bond donors (Lipinski definition) is 2. The Kier molecular flexibility index (Phi) is 2.74. The van der Waals surface area contributed by atoms with Crippen LogP contribution in [0.2, 0.25) is 0 Å². The van der Waals surface area contributed by atoms with Crippen molar-refractivity contribution in [1.29, 1.82) is 0 Å². The summed E-state index contributed by atoms with van der Waals surface area (Å²) in [6, 6.07) is 9.41. The van der Waals surface area contributed by atoms with Crippen molar-refractivity contribution in [2.24, 2.45) is 5.73 Å². The third kappa shape index (κ3) is 2.08. The summed E-state index contributed by atoms with van der Waals surface area (Å²) in [5.41, 5.74) is 12.4. The zero-order chi connectivity index (χ0) is 12.4. The summed E-state index contributed by atoms with van der Waals surface area (Å²) in [7, 11) is 0. The molecule has 1 heterocycles. The number of aryl methyl sites for hydroxylation is 1. The fourth-order valence-corrected chi connectivity index (χ4v) is 1.62. The van der Waals surface area contributed by atoms with Gasteiger partial charge in [0.2, 0.25) is 0 Å². The van der Waals surface area contributed by atoms with Crippen LogP contribution >= 0.6 is 0 Å². The Balaban J connectivity index is 2.57. The monoisotopic (exact) mass is 228 g/mol. The highest BCUT2D eigenvalue weighted by Crippen LogP contribution is 2.19. The maximum absolute atomic E-state index is 11.2. The molecule has 0 radical (unpaired) electrons. The Labute approximate surface area is 98.5 Å². The molecule has 1 aromatic carbocycles. The minimum Gasteiger partial charge on any atom is -0.383 e. The smallest absolute Gasteiger partial charge is 0.254 e. The number of primary amides is 1. The second kappa shape index (κ2) is 4.21. The van der Waals surface area contributed by atoms with Gasteiger partial charge in [-0.3, -0.25) is 4.79 Å². The molecule has 0 fully saturated rings.